The first-order valence-electron chi connectivity index (χ1n) is 10.3. The fraction of sp³-hybridized carbons (Fsp3) is 0.500. The van der Waals surface area contributed by atoms with Gasteiger partial charge < -0.3 is 0 Å². The average molecular weight is 626 g/mol. The molecule has 0 saturated heterocycles. The van der Waals surface area contributed by atoms with E-state index in [1.54, 1.807) is 0 Å². The van der Waals surface area contributed by atoms with Gasteiger partial charge in [-0.25, -0.2) is 0 Å². The summed E-state index contributed by atoms with van der Waals surface area (Å²) < 4.78 is 34.7. The summed E-state index contributed by atoms with van der Waals surface area (Å²) in [6, 6.07) is 12.2. The van der Waals surface area contributed by atoms with Crippen molar-refractivity contribution in [1.82, 2.24) is 0 Å². The van der Waals surface area contributed by atoms with E-state index in [1.165, 1.54) is 0 Å². The van der Waals surface area contributed by atoms with Gasteiger partial charge in [0.2, 0.25) is 0 Å². The maximum absolute atomic E-state index is 13.5. The number of rotatable bonds is 8. The fourth-order valence-electron chi connectivity index (χ4n) is 3.47. The Bertz CT molecular complexity index is 773. The van der Waals surface area contributed by atoms with Gasteiger partial charge in [-0.05, 0) is 0 Å². The van der Waals surface area contributed by atoms with Crippen LogP contribution in [0.2, 0.25) is 0 Å². The third kappa shape index (κ3) is 5.84. The van der Waals surface area contributed by atoms with Gasteiger partial charge in [-0.15, -0.1) is 0 Å². The zero-order valence-electron chi connectivity index (χ0n) is 18.8. The average Bonchev–Trinajstić information content (AvgIpc) is 2.66. The van der Waals surface area contributed by atoms with E-state index in [-0.39, 0.29) is 23.7 Å². The monoisotopic (exact) mass is 630 g/mol. The molecule has 29 heavy (non-hydrogen) atoms. The zero-order chi connectivity index (χ0) is 21.9. The molecule has 0 saturated carbocycles. The van der Waals surface area contributed by atoms with Crippen molar-refractivity contribution in [2.45, 2.75) is 79.1 Å². The summed E-state index contributed by atoms with van der Waals surface area (Å²) in [5, 5.41) is 0. The van der Waals surface area contributed by atoms with E-state index in [0.717, 1.165) is 29.5 Å². The standard InChI is InChI=1S/C24H34O3Te2/c1-15(2)19-11-9-12-20(16(3)4)23(19)28(25)27-29(26)24-21(17(5)6)13-10-14-22(24)18(7)8/h9-18H,1-8H3. The van der Waals surface area contributed by atoms with Crippen LogP contribution >= 0.6 is 0 Å². The van der Waals surface area contributed by atoms with Gasteiger partial charge in [-0.1, -0.05) is 0 Å². The third-order valence-corrected chi connectivity index (χ3v) is 15.1. The first-order chi connectivity index (χ1) is 13.6. The summed E-state index contributed by atoms with van der Waals surface area (Å²) in [5.74, 6) is 0.979. The Kier molecular flexibility index (Phi) is 9.21. The zero-order valence-corrected chi connectivity index (χ0v) is 23.5. The Morgan fingerprint density at radius 3 is 1.00 bits per heavy atom. The summed E-state index contributed by atoms with van der Waals surface area (Å²) in [4.78, 5) is 0. The molecular formula is C24H34O3Te2. The van der Waals surface area contributed by atoms with Crippen LogP contribution in [0.5, 0.6) is 0 Å². The molecule has 0 spiro atoms. The summed E-state index contributed by atoms with van der Waals surface area (Å²) in [7, 11) is 0. The molecule has 0 heterocycles. The van der Waals surface area contributed by atoms with Crippen molar-refractivity contribution in [3.05, 3.63) is 58.7 Å². The Morgan fingerprint density at radius 2 is 0.793 bits per heavy atom. The molecule has 0 aliphatic heterocycles. The number of hydrogen-bond acceptors (Lipinski definition) is 3. The van der Waals surface area contributed by atoms with Gasteiger partial charge in [-0.3, -0.25) is 0 Å². The molecule has 3 nitrogen and oxygen atoms in total. The quantitative estimate of drug-likeness (QED) is 0.382. The van der Waals surface area contributed by atoms with E-state index in [4.69, 9.17) is 1.47 Å². The minimum absolute atomic E-state index is 0.245. The van der Waals surface area contributed by atoms with E-state index < -0.39 is 39.9 Å². The van der Waals surface area contributed by atoms with Crippen molar-refractivity contribution in [2.75, 3.05) is 0 Å². The van der Waals surface area contributed by atoms with E-state index in [0.29, 0.717) is 0 Å². The minimum atomic E-state index is -3.44. The molecule has 0 fully saturated rings. The normalized spacial score (nSPS) is 12.3. The molecule has 2 aromatic rings. The molecule has 0 radical (unpaired) electrons. The van der Waals surface area contributed by atoms with Crippen molar-refractivity contribution < 1.29 is 7.67 Å². The molecule has 5 heteroatoms. The van der Waals surface area contributed by atoms with Crippen LogP contribution in [-0.4, -0.2) is 39.9 Å². The van der Waals surface area contributed by atoms with Crippen molar-refractivity contribution in [1.29, 1.82) is 0 Å². The predicted molar refractivity (Wildman–Crippen MR) is 122 cm³/mol. The topological polar surface area (TPSA) is 43.4 Å². The van der Waals surface area contributed by atoms with Gasteiger partial charge in [0.1, 0.15) is 0 Å². The summed E-state index contributed by atoms with van der Waals surface area (Å²) in [6.45, 7) is 16.8. The second-order valence-corrected chi connectivity index (χ2v) is 16.7. The molecule has 160 valence electrons. The van der Waals surface area contributed by atoms with Gasteiger partial charge in [-0.2, -0.15) is 0 Å². The van der Waals surface area contributed by atoms with Crippen LogP contribution in [0.15, 0.2) is 36.4 Å². The summed E-state index contributed by atoms with van der Waals surface area (Å²) in [6.07, 6.45) is 0. The molecule has 0 amide bonds. The molecule has 0 aromatic heterocycles. The third-order valence-electron chi connectivity index (χ3n) is 5.10. The molecule has 0 aliphatic carbocycles. The number of hydrogen-bond donors (Lipinski definition) is 0. The van der Waals surface area contributed by atoms with Crippen LogP contribution in [0.4, 0.5) is 0 Å². The van der Waals surface area contributed by atoms with Crippen LogP contribution in [-0.2, 0) is 7.67 Å². The molecular weight excluding hydrogens is 591 g/mol. The summed E-state index contributed by atoms with van der Waals surface area (Å²) >= 11 is -6.87. The van der Waals surface area contributed by atoms with Crippen LogP contribution in [0.1, 0.15) is 101 Å². The second kappa shape index (κ2) is 10.7. The molecule has 0 bridgehead atoms. The molecule has 0 aliphatic rings. The van der Waals surface area contributed by atoms with Gasteiger partial charge >= 0.3 is 193 Å². The van der Waals surface area contributed by atoms with Gasteiger partial charge in [0.25, 0.3) is 0 Å². The Morgan fingerprint density at radius 1 is 0.552 bits per heavy atom. The van der Waals surface area contributed by atoms with Crippen molar-refractivity contribution in [3.8, 4) is 0 Å². The van der Waals surface area contributed by atoms with Gasteiger partial charge in [0.05, 0.1) is 0 Å². The molecule has 0 atom stereocenters. The summed E-state index contributed by atoms with van der Waals surface area (Å²) in [5.41, 5.74) is 4.26. The Balaban J connectivity index is 2.52. The molecule has 0 N–H and O–H groups in total. The number of benzene rings is 2. The van der Waals surface area contributed by atoms with Crippen LogP contribution < -0.4 is 7.22 Å². The molecule has 2 aromatic carbocycles. The van der Waals surface area contributed by atoms with E-state index >= 15 is 0 Å². The second-order valence-electron chi connectivity index (χ2n) is 8.69. The van der Waals surface area contributed by atoms with Crippen LogP contribution in [0, 0.1) is 0 Å². The molecule has 0 unspecified atom stereocenters. The van der Waals surface area contributed by atoms with Crippen molar-refractivity contribution >= 4 is 47.1 Å². The van der Waals surface area contributed by atoms with Crippen molar-refractivity contribution in [3.63, 3.8) is 0 Å². The predicted octanol–water partition coefficient (Wildman–Crippen LogP) is 5.15. The van der Waals surface area contributed by atoms with Crippen molar-refractivity contribution in [2.24, 2.45) is 0 Å². The Hall–Kier alpha value is -0.421. The first kappa shape index (κ1) is 24.8. The van der Waals surface area contributed by atoms with E-state index in [1.807, 2.05) is 36.4 Å². The molecule has 2 rings (SSSR count). The SMILES string of the molecule is CC(C)c1cccc(C(C)C)c1[Te](=O)O[Te](=O)c1c(C(C)C)cccc1C(C)C. The van der Waals surface area contributed by atoms with Crippen LogP contribution in [0.25, 0.3) is 0 Å². The first-order valence-corrected chi connectivity index (χ1v) is 16.5. The van der Waals surface area contributed by atoms with Gasteiger partial charge in [0, 0.05) is 0 Å². The van der Waals surface area contributed by atoms with E-state index in [9.17, 15) is 6.21 Å². The fourth-order valence-corrected chi connectivity index (χ4v) is 14.6. The maximum atomic E-state index is 13.5. The van der Waals surface area contributed by atoms with Gasteiger partial charge in [0.15, 0.2) is 0 Å². The van der Waals surface area contributed by atoms with E-state index in [2.05, 4.69) is 55.4 Å². The van der Waals surface area contributed by atoms with Crippen LogP contribution in [0.3, 0.4) is 0 Å². The Labute approximate surface area is 191 Å².